The van der Waals surface area contributed by atoms with Crippen molar-refractivity contribution in [2.45, 2.75) is 43.0 Å². The second-order valence-corrected chi connectivity index (χ2v) is 9.89. The van der Waals surface area contributed by atoms with Crippen LogP contribution in [0.15, 0.2) is 53.6 Å². The number of sulfonamides is 1. The van der Waals surface area contributed by atoms with Crippen molar-refractivity contribution < 1.29 is 13.2 Å². The van der Waals surface area contributed by atoms with Crippen molar-refractivity contribution in [3.63, 3.8) is 0 Å². The lowest BCUT2D eigenvalue weighted by Gasteiger charge is -2.36. The molecule has 1 saturated heterocycles. The largest absolute Gasteiger partial charge is 0.343 e. The van der Waals surface area contributed by atoms with E-state index in [1.807, 2.05) is 30.3 Å². The number of hydrogen-bond acceptors (Lipinski definition) is 5. The minimum absolute atomic E-state index is 0.138. The van der Waals surface area contributed by atoms with E-state index in [2.05, 4.69) is 20.7 Å². The second-order valence-electron chi connectivity index (χ2n) is 8.00. The van der Waals surface area contributed by atoms with Gasteiger partial charge in [-0.2, -0.15) is 0 Å². The van der Waals surface area contributed by atoms with Crippen LogP contribution in [0.5, 0.6) is 0 Å². The third-order valence-corrected chi connectivity index (χ3v) is 7.47. The van der Waals surface area contributed by atoms with Gasteiger partial charge in [0.05, 0.1) is 4.90 Å². The second kappa shape index (κ2) is 10.8. The number of aryl methyl sites for hydroxylation is 1. The van der Waals surface area contributed by atoms with Gasteiger partial charge in [-0.25, -0.2) is 13.1 Å². The Morgan fingerprint density at radius 3 is 2.45 bits per heavy atom. The van der Waals surface area contributed by atoms with E-state index in [-0.39, 0.29) is 16.8 Å². The predicted octanol–water partition coefficient (Wildman–Crippen LogP) is 2.09. The van der Waals surface area contributed by atoms with Crippen LogP contribution >= 0.6 is 0 Å². The summed E-state index contributed by atoms with van der Waals surface area (Å²) in [6, 6.07) is 13.0. The number of benzene rings is 1. The van der Waals surface area contributed by atoms with E-state index in [1.165, 1.54) is 7.05 Å². The third kappa shape index (κ3) is 6.59. The maximum Gasteiger partial charge on any atom is 0.240 e. The van der Waals surface area contributed by atoms with Gasteiger partial charge in [-0.1, -0.05) is 18.2 Å². The molecule has 31 heavy (non-hydrogen) atoms. The Hall–Kier alpha value is -2.29. The van der Waals surface area contributed by atoms with Crippen molar-refractivity contribution in [1.82, 2.24) is 19.5 Å². The summed E-state index contributed by atoms with van der Waals surface area (Å²) in [5, 5.41) is 0. The molecule has 8 heteroatoms. The molecule has 0 bridgehead atoms. The number of carbonyl (C=O) groups is 1. The first-order valence-electron chi connectivity index (χ1n) is 10.8. The lowest BCUT2D eigenvalue weighted by atomic mass is 10.0. The van der Waals surface area contributed by atoms with E-state index in [0.29, 0.717) is 12.8 Å². The smallest absolute Gasteiger partial charge is 0.240 e. The summed E-state index contributed by atoms with van der Waals surface area (Å²) in [7, 11) is -0.138. The van der Waals surface area contributed by atoms with Crippen LogP contribution in [0.25, 0.3) is 0 Å². The van der Waals surface area contributed by atoms with Crippen molar-refractivity contribution in [3.05, 3.63) is 59.9 Å². The molecule has 1 fully saturated rings. The van der Waals surface area contributed by atoms with E-state index in [1.54, 1.807) is 24.3 Å². The third-order valence-electron chi connectivity index (χ3n) is 6.04. The van der Waals surface area contributed by atoms with Gasteiger partial charge in [-0.15, -0.1) is 0 Å². The number of piperidine rings is 1. The number of nitrogens with one attached hydrogen (secondary N) is 1. The average Bonchev–Trinajstić information content (AvgIpc) is 2.82. The first-order valence-corrected chi connectivity index (χ1v) is 12.3. The number of aromatic nitrogens is 1. The van der Waals surface area contributed by atoms with Gasteiger partial charge in [0.25, 0.3) is 0 Å². The number of rotatable bonds is 9. The quantitative estimate of drug-likeness (QED) is 0.640. The summed E-state index contributed by atoms with van der Waals surface area (Å²) >= 11 is 0. The molecule has 3 rings (SSSR count). The minimum atomic E-state index is -3.43. The van der Waals surface area contributed by atoms with Gasteiger partial charge in [0.2, 0.25) is 15.9 Å². The molecular weight excluding hydrogens is 412 g/mol. The Morgan fingerprint density at radius 2 is 1.84 bits per heavy atom. The molecule has 0 radical (unpaired) electrons. The lowest BCUT2D eigenvalue weighted by Crippen LogP contribution is -2.46. The molecule has 1 aromatic heterocycles. The standard InChI is InChI=1S/C23H32N4O3S/c1-24-31(29,30)22-9-6-19(7-10-22)8-11-23(28)26(2)21-13-17-27(18-14-21)16-12-20-5-3-4-15-25-20/h3-7,9-10,15,21,24H,8,11-14,16-18H2,1-2H3. The molecule has 2 heterocycles. The highest BCUT2D eigenvalue weighted by atomic mass is 32.2. The zero-order valence-corrected chi connectivity index (χ0v) is 19.1. The SMILES string of the molecule is CNS(=O)(=O)c1ccc(CCC(=O)N(C)C2CCN(CCc3ccccn3)CC2)cc1. The molecule has 0 saturated carbocycles. The molecule has 1 aliphatic rings. The highest BCUT2D eigenvalue weighted by Gasteiger charge is 2.25. The molecule has 1 aliphatic heterocycles. The van der Waals surface area contributed by atoms with Crippen molar-refractivity contribution >= 4 is 15.9 Å². The van der Waals surface area contributed by atoms with Gasteiger partial charge >= 0.3 is 0 Å². The highest BCUT2D eigenvalue weighted by Crippen LogP contribution is 2.18. The topological polar surface area (TPSA) is 82.6 Å². The first kappa shape index (κ1) is 23.4. The van der Waals surface area contributed by atoms with Gasteiger partial charge in [0.15, 0.2) is 0 Å². The number of hydrogen-bond donors (Lipinski definition) is 1. The molecule has 0 atom stereocenters. The van der Waals surface area contributed by atoms with E-state index in [9.17, 15) is 13.2 Å². The van der Waals surface area contributed by atoms with E-state index < -0.39 is 10.0 Å². The molecule has 2 aromatic rings. The number of pyridine rings is 1. The summed E-state index contributed by atoms with van der Waals surface area (Å²) < 4.78 is 25.9. The van der Waals surface area contributed by atoms with E-state index >= 15 is 0 Å². The van der Waals surface area contributed by atoms with Gasteiger partial charge in [0.1, 0.15) is 0 Å². The van der Waals surface area contributed by atoms with Crippen LogP contribution in [0.1, 0.15) is 30.5 Å². The fourth-order valence-corrected chi connectivity index (χ4v) is 4.66. The summed E-state index contributed by atoms with van der Waals surface area (Å²) in [5.41, 5.74) is 2.08. The molecule has 0 unspecified atom stereocenters. The zero-order valence-electron chi connectivity index (χ0n) is 18.3. The Kier molecular flexibility index (Phi) is 8.17. The number of likely N-dealkylation sites (tertiary alicyclic amines) is 1. The number of amides is 1. The Balaban J connectivity index is 1.41. The van der Waals surface area contributed by atoms with Gasteiger partial charge in [-0.3, -0.25) is 9.78 Å². The van der Waals surface area contributed by atoms with Crippen LogP contribution in [0.2, 0.25) is 0 Å². The van der Waals surface area contributed by atoms with Crippen LogP contribution in [-0.4, -0.2) is 68.9 Å². The number of carbonyl (C=O) groups excluding carboxylic acids is 1. The van der Waals surface area contributed by atoms with Crippen molar-refractivity contribution in [1.29, 1.82) is 0 Å². The van der Waals surface area contributed by atoms with Crippen molar-refractivity contribution in [3.8, 4) is 0 Å². The van der Waals surface area contributed by atoms with E-state index in [0.717, 1.165) is 50.2 Å². The molecule has 0 spiro atoms. The van der Waals surface area contributed by atoms with Crippen LogP contribution < -0.4 is 4.72 Å². The van der Waals surface area contributed by atoms with Gasteiger partial charge in [-0.05, 0) is 56.1 Å². The van der Waals surface area contributed by atoms with Crippen molar-refractivity contribution in [2.75, 3.05) is 33.7 Å². The Labute approximate surface area is 185 Å². The summed E-state index contributed by atoms with van der Waals surface area (Å²) in [5.74, 6) is 0.138. The molecule has 1 N–H and O–H groups in total. The maximum absolute atomic E-state index is 12.7. The summed E-state index contributed by atoms with van der Waals surface area (Å²) in [4.78, 5) is 21.6. The molecule has 1 amide bonds. The van der Waals surface area contributed by atoms with Gasteiger partial charge in [0, 0.05) is 57.5 Å². The molecule has 0 aliphatic carbocycles. The highest BCUT2D eigenvalue weighted by molar-refractivity contribution is 7.89. The summed E-state index contributed by atoms with van der Waals surface area (Å²) in [6.45, 7) is 2.99. The summed E-state index contributed by atoms with van der Waals surface area (Å²) in [6.07, 6.45) is 5.79. The van der Waals surface area contributed by atoms with Crippen LogP contribution in [0, 0.1) is 0 Å². The first-order chi connectivity index (χ1) is 14.9. The Bertz CT molecular complexity index is 941. The van der Waals surface area contributed by atoms with Crippen LogP contribution in [0.4, 0.5) is 0 Å². The fourth-order valence-electron chi connectivity index (χ4n) is 3.93. The zero-order chi connectivity index (χ0) is 22.3. The fraction of sp³-hybridized carbons (Fsp3) is 0.478. The van der Waals surface area contributed by atoms with Gasteiger partial charge < -0.3 is 9.80 Å². The molecule has 1 aromatic carbocycles. The van der Waals surface area contributed by atoms with E-state index in [4.69, 9.17) is 0 Å². The van der Waals surface area contributed by atoms with Crippen molar-refractivity contribution in [2.24, 2.45) is 0 Å². The van der Waals surface area contributed by atoms with Crippen LogP contribution in [-0.2, 0) is 27.7 Å². The minimum Gasteiger partial charge on any atom is -0.343 e. The van der Waals surface area contributed by atoms with Crippen LogP contribution in [0.3, 0.4) is 0 Å². The Morgan fingerprint density at radius 1 is 1.13 bits per heavy atom. The molecule has 168 valence electrons. The predicted molar refractivity (Wildman–Crippen MR) is 121 cm³/mol. The number of nitrogens with zero attached hydrogens (tertiary/aromatic N) is 3. The molecular formula is C23H32N4O3S. The normalized spacial score (nSPS) is 15.7. The average molecular weight is 445 g/mol. The lowest BCUT2D eigenvalue weighted by molar-refractivity contribution is -0.132. The maximum atomic E-state index is 12.7. The molecule has 7 nitrogen and oxygen atoms in total. The monoisotopic (exact) mass is 444 g/mol.